The number of rotatable bonds is 22. The van der Waals surface area contributed by atoms with Crippen LogP contribution in [0, 0.1) is 0 Å². The molecule has 220 valence electrons. The van der Waals surface area contributed by atoms with Crippen molar-refractivity contribution in [2.24, 2.45) is 11.5 Å². The molecule has 0 aliphatic rings. The second-order valence-electron chi connectivity index (χ2n) is 8.74. The van der Waals surface area contributed by atoms with Crippen molar-refractivity contribution in [1.29, 1.82) is 0 Å². The maximum absolute atomic E-state index is 11.3. The summed E-state index contributed by atoms with van der Waals surface area (Å²) in [6, 6.07) is -2.01. The smallest absolute Gasteiger partial charge is 0.550 e. The summed E-state index contributed by atoms with van der Waals surface area (Å²) in [7, 11) is 0. The average molecular weight is 571 g/mol. The van der Waals surface area contributed by atoms with Gasteiger partial charge in [-0.2, -0.15) is 0 Å². The van der Waals surface area contributed by atoms with E-state index in [1.807, 2.05) is 0 Å². The van der Waals surface area contributed by atoms with E-state index >= 15 is 0 Å². The Balaban J connectivity index is -0.000000648. The Morgan fingerprint density at radius 3 is 1.15 bits per heavy atom. The monoisotopic (exact) mass is 570 g/mol. The number of amides is 2. The van der Waals surface area contributed by atoms with Crippen LogP contribution in [0.3, 0.4) is 0 Å². The number of unbranched alkanes of at least 4 members (excludes halogenated alkanes) is 6. The van der Waals surface area contributed by atoms with Crippen molar-refractivity contribution in [2.75, 3.05) is 13.1 Å². The van der Waals surface area contributed by atoms with Gasteiger partial charge in [-0.1, -0.05) is 25.7 Å². The van der Waals surface area contributed by atoms with Gasteiger partial charge >= 0.3 is 35.0 Å². The Hall–Kier alpha value is -2.49. The molecular formula is C24H42MgN4O10. The fourth-order valence-corrected chi connectivity index (χ4v) is 2.95. The molecule has 0 unspecified atom stereocenters. The maximum Gasteiger partial charge on any atom is 2.00 e. The van der Waals surface area contributed by atoms with E-state index in [9.17, 15) is 39.0 Å². The summed E-state index contributed by atoms with van der Waals surface area (Å²) in [5.74, 6) is -4.73. The number of hydrogen-bond acceptors (Lipinski definition) is 10. The van der Waals surface area contributed by atoms with Crippen LogP contribution in [0.1, 0.15) is 89.9 Å². The van der Waals surface area contributed by atoms with Crippen molar-refractivity contribution < 1.29 is 49.2 Å². The van der Waals surface area contributed by atoms with Gasteiger partial charge in [0.1, 0.15) is 12.1 Å². The molecular weight excluding hydrogens is 529 g/mol. The third-order valence-corrected chi connectivity index (χ3v) is 5.26. The standard InChI is InChI=1S/2C12H22N2O5.Mg/c2*13-9(12(18)19)6-7-10(15)14-8-4-2-1-3-5-11(16)17;/h2*9H,1-8,13H2,(H,14,15)(H,16,17)(H,18,19);/q;;+2/p-2/t2*9-;/m00./s1. The van der Waals surface area contributed by atoms with Gasteiger partial charge in [-0.15, -0.1) is 0 Å². The fraction of sp³-hybridized carbons (Fsp3) is 0.750. The maximum atomic E-state index is 11.3. The second-order valence-corrected chi connectivity index (χ2v) is 8.74. The molecule has 0 aromatic rings. The predicted octanol–water partition coefficient (Wildman–Crippen LogP) is -2.39. The fourth-order valence-electron chi connectivity index (χ4n) is 2.95. The summed E-state index contributed by atoms with van der Waals surface area (Å²) < 4.78 is 0. The number of carboxylic acid groups (broad SMARTS) is 4. The normalized spacial score (nSPS) is 11.5. The van der Waals surface area contributed by atoms with Crippen LogP contribution in [-0.2, 0) is 28.8 Å². The van der Waals surface area contributed by atoms with E-state index < -0.39 is 36.0 Å². The van der Waals surface area contributed by atoms with E-state index in [1.165, 1.54) is 0 Å². The van der Waals surface area contributed by atoms with Gasteiger partial charge in [0, 0.05) is 37.9 Å². The third kappa shape index (κ3) is 31.6. The van der Waals surface area contributed by atoms with Gasteiger partial charge in [-0.05, 0) is 51.4 Å². The van der Waals surface area contributed by atoms with Gasteiger partial charge in [0.15, 0.2) is 0 Å². The van der Waals surface area contributed by atoms with Crippen molar-refractivity contribution in [3.63, 3.8) is 0 Å². The summed E-state index contributed by atoms with van der Waals surface area (Å²) in [6.07, 6.45) is 6.52. The summed E-state index contributed by atoms with van der Waals surface area (Å²) in [5.41, 5.74) is 10.5. The number of nitrogens with two attached hydrogens (primary N) is 2. The molecule has 0 rings (SSSR count). The number of hydrogen-bond donors (Lipinski definition) is 6. The first-order valence-corrected chi connectivity index (χ1v) is 12.8. The first-order valence-electron chi connectivity index (χ1n) is 12.8. The Kier molecular flexibility index (Phi) is 28.5. The molecule has 0 aliphatic carbocycles. The molecule has 0 aromatic heterocycles. The first-order chi connectivity index (χ1) is 17.9. The zero-order valence-corrected chi connectivity index (χ0v) is 23.9. The van der Waals surface area contributed by atoms with Crippen LogP contribution in [0.5, 0.6) is 0 Å². The van der Waals surface area contributed by atoms with Gasteiger partial charge < -0.3 is 52.1 Å². The van der Waals surface area contributed by atoms with Crippen LogP contribution in [0.2, 0.25) is 0 Å². The van der Waals surface area contributed by atoms with Crippen molar-refractivity contribution in [1.82, 2.24) is 10.6 Å². The second kappa shape index (κ2) is 27.1. The van der Waals surface area contributed by atoms with Crippen LogP contribution in [0.4, 0.5) is 0 Å². The van der Waals surface area contributed by atoms with Crippen molar-refractivity contribution >= 4 is 58.7 Å². The number of carboxylic acids is 4. The number of carbonyl (C=O) groups is 6. The molecule has 0 aliphatic heterocycles. The molecule has 2 atom stereocenters. The molecule has 0 aromatic carbocycles. The Morgan fingerprint density at radius 2 is 0.872 bits per heavy atom. The van der Waals surface area contributed by atoms with Crippen LogP contribution in [0.15, 0.2) is 0 Å². The minimum atomic E-state index is -1.11. The van der Waals surface area contributed by atoms with E-state index in [2.05, 4.69) is 10.6 Å². The minimum Gasteiger partial charge on any atom is -0.550 e. The zero-order valence-electron chi connectivity index (χ0n) is 22.5. The molecule has 0 bridgehead atoms. The van der Waals surface area contributed by atoms with Gasteiger partial charge in [0.25, 0.3) is 0 Å². The van der Waals surface area contributed by atoms with E-state index in [-0.39, 0.29) is 73.4 Å². The summed E-state index contributed by atoms with van der Waals surface area (Å²) >= 11 is 0. The quantitative estimate of drug-likeness (QED) is 0.0587. The van der Waals surface area contributed by atoms with Crippen LogP contribution >= 0.6 is 0 Å². The first kappa shape index (κ1) is 41.0. The van der Waals surface area contributed by atoms with E-state index in [4.69, 9.17) is 21.7 Å². The average Bonchev–Trinajstić information content (AvgIpc) is 2.84. The van der Waals surface area contributed by atoms with E-state index in [1.54, 1.807) is 0 Å². The van der Waals surface area contributed by atoms with Crippen molar-refractivity contribution in [3.8, 4) is 0 Å². The van der Waals surface area contributed by atoms with Gasteiger partial charge in [-0.3, -0.25) is 19.2 Å². The summed E-state index contributed by atoms with van der Waals surface area (Å²) in [6.45, 7) is 1.01. The Bertz CT molecular complexity index is 680. The molecule has 0 saturated carbocycles. The van der Waals surface area contributed by atoms with Gasteiger partial charge in [0.2, 0.25) is 11.8 Å². The van der Waals surface area contributed by atoms with E-state index in [0.717, 1.165) is 38.5 Å². The molecule has 0 spiro atoms. The Labute approximate surface area is 244 Å². The third-order valence-electron chi connectivity index (χ3n) is 5.26. The topological polar surface area (TPSA) is 265 Å². The van der Waals surface area contributed by atoms with Gasteiger partial charge in [0.05, 0.1) is 0 Å². The molecule has 0 saturated heterocycles. The molecule has 2 amide bonds. The predicted molar refractivity (Wildman–Crippen MR) is 138 cm³/mol. The molecule has 0 radical (unpaired) electrons. The number of nitrogens with one attached hydrogen (secondary N) is 2. The molecule has 8 N–H and O–H groups in total. The van der Waals surface area contributed by atoms with E-state index in [0.29, 0.717) is 25.9 Å². The van der Waals surface area contributed by atoms with Crippen LogP contribution in [0.25, 0.3) is 0 Å². The minimum absolute atomic E-state index is 0. The summed E-state index contributed by atoms with van der Waals surface area (Å²) in [5, 5.41) is 42.6. The molecule has 14 nitrogen and oxygen atoms in total. The summed E-state index contributed by atoms with van der Waals surface area (Å²) in [4.78, 5) is 63.7. The van der Waals surface area contributed by atoms with Crippen molar-refractivity contribution in [2.45, 2.75) is 102 Å². The molecule has 0 heterocycles. The SMILES string of the molecule is N[C@@H](CCC(=O)NCCCCCCC(=O)[O-])C(=O)O.N[C@@H](CCC(=O)NCCCCCCC(=O)[O-])C(=O)O.[Mg+2]. The van der Waals surface area contributed by atoms with Crippen molar-refractivity contribution in [3.05, 3.63) is 0 Å². The van der Waals surface area contributed by atoms with Gasteiger partial charge in [-0.25, -0.2) is 0 Å². The molecule has 39 heavy (non-hydrogen) atoms. The van der Waals surface area contributed by atoms with Crippen LogP contribution in [-0.4, -0.2) is 94.1 Å². The zero-order chi connectivity index (χ0) is 29.3. The largest absolute Gasteiger partial charge is 2.00 e. The molecule has 0 fully saturated rings. The number of aliphatic carboxylic acids is 4. The number of carbonyl (C=O) groups excluding carboxylic acids is 4. The van der Waals surface area contributed by atoms with Crippen LogP contribution < -0.4 is 32.3 Å². The molecule has 15 heteroatoms. The Morgan fingerprint density at radius 1 is 0.564 bits per heavy atom.